The Morgan fingerprint density at radius 3 is 2.81 bits per heavy atom. The van der Waals surface area contributed by atoms with Crippen LogP contribution in [0, 0.1) is 5.92 Å². The maximum absolute atomic E-state index is 12.3. The van der Waals surface area contributed by atoms with Gasteiger partial charge in [-0.2, -0.15) is 5.10 Å². The first-order valence-corrected chi connectivity index (χ1v) is 7.53. The molecule has 0 aliphatic heterocycles. The molecule has 21 heavy (non-hydrogen) atoms. The van der Waals surface area contributed by atoms with Crippen LogP contribution in [-0.2, 0) is 6.54 Å². The zero-order valence-electron chi connectivity index (χ0n) is 12.7. The molecule has 2 rings (SSSR count). The van der Waals surface area contributed by atoms with Crippen molar-refractivity contribution < 1.29 is 9.90 Å². The number of carbonyl (C=O) groups excluding carboxylic acids is 1. The molecular weight excluding hydrogens is 270 g/mol. The average Bonchev–Trinajstić information content (AvgIpc) is 2.44. The van der Waals surface area contributed by atoms with Gasteiger partial charge >= 0.3 is 0 Å². The second-order valence-corrected chi connectivity index (χ2v) is 5.81. The molecule has 1 N–H and O–H groups in total. The van der Waals surface area contributed by atoms with Gasteiger partial charge in [0.25, 0.3) is 11.5 Å². The number of carbonyl (C=O) groups is 1. The molecular formula is C15H23N3O3. The molecule has 0 unspecified atom stereocenters. The number of rotatable bonds is 6. The molecule has 0 radical (unpaired) electrons. The van der Waals surface area contributed by atoms with E-state index in [-0.39, 0.29) is 17.6 Å². The first-order valence-electron chi connectivity index (χ1n) is 7.53. The first kappa shape index (κ1) is 15.7. The van der Waals surface area contributed by atoms with Gasteiger partial charge in [-0.15, -0.1) is 0 Å². The van der Waals surface area contributed by atoms with Gasteiger partial charge in [-0.05, 0) is 31.2 Å². The highest BCUT2D eigenvalue weighted by Gasteiger charge is 2.29. The van der Waals surface area contributed by atoms with E-state index in [0.29, 0.717) is 24.7 Å². The summed E-state index contributed by atoms with van der Waals surface area (Å²) in [6, 6.07) is 2.88. The molecule has 1 amide bonds. The van der Waals surface area contributed by atoms with Gasteiger partial charge < -0.3 is 10.0 Å². The van der Waals surface area contributed by atoms with Crippen molar-refractivity contribution >= 4 is 5.91 Å². The molecule has 1 aliphatic rings. The van der Waals surface area contributed by atoms with E-state index in [0.717, 1.165) is 25.7 Å². The molecule has 0 atom stereocenters. The van der Waals surface area contributed by atoms with Crippen molar-refractivity contribution in [1.29, 1.82) is 0 Å². The minimum absolute atomic E-state index is 0.176. The number of aliphatic hydroxyl groups is 1. The van der Waals surface area contributed by atoms with Crippen molar-refractivity contribution in [1.82, 2.24) is 14.7 Å². The first-order chi connectivity index (χ1) is 10.0. The van der Waals surface area contributed by atoms with Gasteiger partial charge in [-0.25, -0.2) is 4.68 Å². The quantitative estimate of drug-likeness (QED) is 0.845. The van der Waals surface area contributed by atoms with Crippen molar-refractivity contribution in [3.05, 3.63) is 28.2 Å². The minimum Gasteiger partial charge on any atom is -0.393 e. The second kappa shape index (κ2) is 6.85. The Bertz CT molecular complexity index is 549. The van der Waals surface area contributed by atoms with E-state index in [4.69, 9.17) is 0 Å². The highest BCUT2D eigenvalue weighted by atomic mass is 16.3. The Morgan fingerprint density at radius 2 is 2.19 bits per heavy atom. The Balaban J connectivity index is 2.02. The van der Waals surface area contributed by atoms with E-state index in [1.54, 1.807) is 11.9 Å². The number of nitrogens with zero attached hydrogens (tertiary/aromatic N) is 3. The summed E-state index contributed by atoms with van der Waals surface area (Å²) in [5, 5.41) is 13.4. The van der Waals surface area contributed by atoms with Crippen LogP contribution in [0.5, 0.6) is 0 Å². The summed E-state index contributed by atoms with van der Waals surface area (Å²) >= 11 is 0. The van der Waals surface area contributed by atoms with Crippen molar-refractivity contribution in [2.45, 2.75) is 45.3 Å². The van der Waals surface area contributed by atoms with Crippen molar-refractivity contribution in [2.24, 2.45) is 5.92 Å². The summed E-state index contributed by atoms with van der Waals surface area (Å²) in [6.07, 6.45) is 3.12. The van der Waals surface area contributed by atoms with Gasteiger partial charge in [-0.3, -0.25) is 9.59 Å². The van der Waals surface area contributed by atoms with Crippen LogP contribution in [0.3, 0.4) is 0 Å². The molecule has 116 valence electrons. The standard InChI is InChI=1S/C15H23N3O3/c1-3-4-7-18-14(20)6-5-13(16-18)15(21)17(2)10-11-8-12(19)9-11/h5-6,11-12,19H,3-4,7-10H2,1-2H3. The number of aliphatic hydroxyl groups excluding tert-OH is 1. The lowest BCUT2D eigenvalue weighted by Gasteiger charge is -2.34. The molecule has 0 saturated heterocycles. The molecule has 1 saturated carbocycles. The Morgan fingerprint density at radius 1 is 1.48 bits per heavy atom. The smallest absolute Gasteiger partial charge is 0.274 e. The minimum atomic E-state index is -0.215. The second-order valence-electron chi connectivity index (χ2n) is 5.81. The lowest BCUT2D eigenvalue weighted by Crippen LogP contribution is -2.40. The van der Waals surface area contributed by atoms with Crippen molar-refractivity contribution in [3.8, 4) is 0 Å². The molecule has 1 aliphatic carbocycles. The summed E-state index contributed by atoms with van der Waals surface area (Å²) in [5.41, 5.74) is 0.123. The Kier molecular flexibility index (Phi) is 5.12. The highest BCUT2D eigenvalue weighted by Crippen LogP contribution is 2.27. The van der Waals surface area contributed by atoms with Gasteiger partial charge in [0.2, 0.25) is 0 Å². The molecule has 1 heterocycles. The van der Waals surface area contributed by atoms with Crippen LogP contribution >= 0.6 is 0 Å². The monoisotopic (exact) mass is 293 g/mol. The fraction of sp³-hybridized carbons (Fsp3) is 0.667. The largest absolute Gasteiger partial charge is 0.393 e. The molecule has 0 aromatic carbocycles. The van der Waals surface area contributed by atoms with Crippen LogP contribution in [0.15, 0.2) is 16.9 Å². The third-order valence-corrected chi connectivity index (χ3v) is 3.90. The van der Waals surface area contributed by atoms with Crippen LogP contribution in [-0.4, -0.2) is 45.4 Å². The van der Waals surface area contributed by atoms with Crippen LogP contribution in [0.2, 0.25) is 0 Å². The number of hydrogen-bond donors (Lipinski definition) is 1. The van der Waals surface area contributed by atoms with Crippen LogP contribution < -0.4 is 5.56 Å². The lowest BCUT2D eigenvalue weighted by molar-refractivity contribution is 0.0263. The number of aromatic nitrogens is 2. The zero-order chi connectivity index (χ0) is 15.4. The van der Waals surface area contributed by atoms with Crippen LogP contribution in [0.4, 0.5) is 0 Å². The van der Waals surface area contributed by atoms with Gasteiger partial charge in [0, 0.05) is 26.2 Å². The lowest BCUT2D eigenvalue weighted by atomic mass is 9.82. The molecule has 1 fully saturated rings. The summed E-state index contributed by atoms with van der Waals surface area (Å²) in [7, 11) is 1.73. The third-order valence-electron chi connectivity index (χ3n) is 3.90. The maximum atomic E-state index is 12.3. The predicted molar refractivity (Wildman–Crippen MR) is 79.1 cm³/mol. The van der Waals surface area contributed by atoms with E-state index in [1.807, 2.05) is 6.92 Å². The fourth-order valence-corrected chi connectivity index (χ4v) is 2.55. The van der Waals surface area contributed by atoms with Gasteiger partial charge in [0.15, 0.2) is 0 Å². The predicted octanol–water partition coefficient (Wildman–Crippen LogP) is 0.886. The van der Waals surface area contributed by atoms with Crippen molar-refractivity contribution in [2.75, 3.05) is 13.6 Å². The number of amides is 1. The molecule has 0 spiro atoms. The van der Waals surface area contributed by atoms with E-state index < -0.39 is 0 Å². The maximum Gasteiger partial charge on any atom is 0.274 e. The normalized spacial score (nSPS) is 20.9. The highest BCUT2D eigenvalue weighted by molar-refractivity contribution is 5.91. The van der Waals surface area contributed by atoms with E-state index >= 15 is 0 Å². The zero-order valence-corrected chi connectivity index (χ0v) is 12.7. The number of unbranched alkanes of at least 4 members (excludes halogenated alkanes) is 1. The molecule has 1 aromatic heterocycles. The summed E-state index contributed by atoms with van der Waals surface area (Å²) in [5.74, 6) is 0.182. The number of aryl methyl sites for hydroxylation is 1. The summed E-state index contributed by atoms with van der Waals surface area (Å²) < 4.78 is 1.36. The summed E-state index contributed by atoms with van der Waals surface area (Å²) in [4.78, 5) is 25.6. The SMILES string of the molecule is CCCCn1nc(C(=O)N(C)CC2CC(O)C2)ccc1=O. The topological polar surface area (TPSA) is 75.4 Å². The van der Waals surface area contributed by atoms with E-state index in [9.17, 15) is 14.7 Å². The van der Waals surface area contributed by atoms with E-state index in [2.05, 4.69) is 5.10 Å². The van der Waals surface area contributed by atoms with Gasteiger partial charge in [-0.1, -0.05) is 13.3 Å². The van der Waals surface area contributed by atoms with Gasteiger partial charge in [0.05, 0.1) is 6.10 Å². The molecule has 0 bridgehead atoms. The third kappa shape index (κ3) is 3.91. The van der Waals surface area contributed by atoms with Crippen molar-refractivity contribution in [3.63, 3.8) is 0 Å². The average molecular weight is 293 g/mol. The Labute approximate surface area is 124 Å². The molecule has 6 heteroatoms. The summed E-state index contributed by atoms with van der Waals surface area (Å²) in [6.45, 7) is 3.20. The Hall–Kier alpha value is -1.69. The molecule has 6 nitrogen and oxygen atoms in total. The van der Waals surface area contributed by atoms with E-state index in [1.165, 1.54) is 16.8 Å². The van der Waals surface area contributed by atoms with Gasteiger partial charge in [0.1, 0.15) is 5.69 Å². The van der Waals surface area contributed by atoms with Crippen LogP contribution in [0.1, 0.15) is 43.1 Å². The molecule has 1 aromatic rings. The number of hydrogen-bond acceptors (Lipinski definition) is 4. The fourth-order valence-electron chi connectivity index (χ4n) is 2.55. The van der Waals surface area contributed by atoms with Crippen LogP contribution in [0.25, 0.3) is 0 Å².